The van der Waals surface area contributed by atoms with E-state index in [0.717, 1.165) is 0 Å². The first kappa shape index (κ1) is 12.7. The quantitative estimate of drug-likeness (QED) is 0.725. The Hall–Kier alpha value is -1.72. The Bertz CT molecular complexity index is 529. The van der Waals surface area contributed by atoms with E-state index in [1.165, 1.54) is 6.07 Å². The number of hydrogen-bond donors (Lipinski definition) is 0. The molecule has 0 aromatic heterocycles. The fourth-order valence-corrected chi connectivity index (χ4v) is 1.68. The second kappa shape index (κ2) is 4.51. The van der Waals surface area contributed by atoms with Crippen LogP contribution >= 0.6 is 0 Å². The largest absolute Gasteiger partial charge is 0.431 e. The van der Waals surface area contributed by atoms with Crippen LogP contribution in [-0.2, 0) is 6.42 Å². The Morgan fingerprint density at radius 1 is 1.22 bits per heavy atom. The van der Waals surface area contributed by atoms with Crippen molar-refractivity contribution in [2.75, 3.05) is 0 Å². The lowest BCUT2D eigenvalue weighted by molar-refractivity contribution is -0.0596. The van der Waals surface area contributed by atoms with E-state index in [9.17, 15) is 17.6 Å². The van der Waals surface area contributed by atoms with Crippen molar-refractivity contribution in [2.24, 2.45) is 10.2 Å². The topological polar surface area (TPSA) is 24.7 Å². The average molecular weight is 258 g/mol. The van der Waals surface area contributed by atoms with Gasteiger partial charge in [0.2, 0.25) is 0 Å². The van der Waals surface area contributed by atoms with Gasteiger partial charge in [-0.15, -0.1) is 5.10 Å². The monoisotopic (exact) mass is 258 g/mol. The Morgan fingerprint density at radius 2 is 1.94 bits per heavy atom. The zero-order valence-corrected chi connectivity index (χ0v) is 9.55. The second-order valence-corrected chi connectivity index (χ2v) is 3.93. The summed E-state index contributed by atoms with van der Waals surface area (Å²) in [4.78, 5) is 0. The molecule has 0 saturated heterocycles. The Kier molecular flexibility index (Phi) is 3.19. The first-order valence-corrected chi connectivity index (χ1v) is 5.41. The van der Waals surface area contributed by atoms with Crippen LogP contribution in [0.15, 0.2) is 28.4 Å². The number of hydrogen-bond acceptors (Lipinski definition) is 2. The van der Waals surface area contributed by atoms with Gasteiger partial charge in [-0.1, -0.05) is 19.1 Å². The van der Waals surface area contributed by atoms with Gasteiger partial charge >= 0.3 is 6.18 Å². The van der Waals surface area contributed by atoms with Crippen molar-refractivity contribution in [3.05, 3.63) is 35.1 Å². The fraction of sp³-hybridized carbons (Fsp3) is 0.333. The van der Waals surface area contributed by atoms with E-state index in [-0.39, 0.29) is 5.71 Å². The summed E-state index contributed by atoms with van der Waals surface area (Å²) >= 11 is 0. The molecule has 2 nitrogen and oxygen atoms in total. The van der Waals surface area contributed by atoms with Crippen molar-refractivity contribution in [2.45, 2.75) is 25.9 Å². The number of alkyl halides is 3. The van der Waals surface area contributed by atoms with Crippen molar-refractivity contribution in [1.82, 2.24) is 0 Å². The minimum atomic E-state index is -4.48. The minimum absolute atomic E-state index is 0.142. The number of rotatable bonds is 2. The maximum absolute atomic E-state index is 13.5. The molecule has 18 heavy (non-hydrogen) atoms. The van der Waals surface area contributed by atoms with Crippen LogP contribution in [0.25, 0.3) is 0 Å². The normalized spacial score (nSPS) is 15.6. The minimum Gasteiger partial charge on any atom is -0.207 e. The molecule has 0 radical (unpaired) electrons. The van der Waals surface area contributed by atoms with E-state index in [0.29, 0.717) is 17.5 Å². The van der Waals surface area contributed by atoms with Crippen LogP contribution in [0, 0.1) is 5.82 Å². The van der Waals surface area contributed by atoms with Crippen molar-refractivity contribution < 1.29 is 17.6 Å². The molecule has 0 saturated carbocycles. The highest BCUT2D eigenvalue weighted by molar-refractivity contribution is 6.16. The summed E-state index contributed by atoms with van der Waals surface area (Å²) in [6, 6.07) is 4.32. The predicted molar refractivity (Wildman–Crippen MR) is 60.4 cm³/mol. The van der Waals surface area contributed by atoms with Crippen molar-refractivity contribution in [3.63, 3.8) is 0 Å². The van der Waals surface area contributed by atoms with Crippen LogP contribution in [0.2, 0.25) is 0 Å². The van der Waals surface area contributed by atoms with Crippen LogP contribution in [-0.4, -0.2) is 17.6 Å². The van der Waals surface area contributed by atoms with Crippen LogP contribution in [0.3, 0.4) is 0 Å². The lowest BCUT2D eigenvalue weighted by atomic mass is 10.0. The zero-order valence-electron chi connectivity index (χ0n) is 9.55. The van der Waals surface area contributed by atoms with E-state index in [4.69, 9.17) is 0 Å². The Labute approximate surface area is 101 Å². The maximum atomic E-state index is 13.5. The summed E-state index contributed by atoms with van der Waals surface area (Å²) in [6.07, 6.45) is -4.36. The smallest absolute Gasteiger partial charge is 0.207 e. The summed E-state index contributed by atoms with van der Waals surface area (Å²) < 4.78 is 50.6. The number of benzene rings is 1. The lowest BCUT2D eigenvalue weighted by Crippen LogP contribution is -2.23. The molecule has 1 aliphatic heterocycles. The van der Waals surface area contributed by atoms with Crippen molar-refractivity contribution in [3.8, 4) is 0 Å². The third-order valence-corrected chi connectivity index (χ3v) is 2.72. The molecule has 1 aromatic rings. The molecule has 2 rings (SSSR count). The van der Waals surface area contributed by atoms with Gasteiger partial charge in [0, 0.05) is 12.0 Å². The van der Waals surface area contributed by atoms with Gasteiger partial charge in [-0.2, -0.15) is 18.3 Å². The van der Waals surface area contributed by atoms with Crippen molar-refractivity contribution >= 4 is 11.4 Å². The molecule has 1 aliphatic rings. The summed E-state index contributed by atoms with van der Waals surface area (Å²) in [5, 5.41) is 6.56. The van der Waals surface area contributed by atoms with Gasteiger partial charge < -0.3 is 0 Å². The SMILES string of the molecule is CCc1ccc(C2=NN=C(C(F)(F)F)C2)cc1F. The van der Waals surface area contributed by atoms with Crippen LogP contribution in [0.5, 0.6) is 0 Å². The van der Waals surface area contributed by atoms with Gasteiger partial charge in [0.15, 0.2) is 0 Å². The van der Waals surface area contributed by atoms with E-state index < -0.39 is 24.1 Å². The van der Waals surface area contributed by atoms with Gasteiger partial charge in [0.25, 0.3) is 0 Å². The average Bonchev–Trinajstić information content (AvgIpc) is 2.77. The molecule has 0 aliphatic carbocycles. The molecule has 1 aromatic carbocycles. The highest BCUT2D eigenvalue weighted by Gasteiger charge is 2.38. The molecule has 6 heteroatoms. The molecule has 96 valence electrons. The third kappa shape index (κ3) is 2.42. The van der Waals surface area contributed by atoms with Gasteiger partial charge in [-0.25, -0.2) is 4.39 Å². The van der Waals surface area contributed by atoms with Crippen LogP contribution in [0.4, 0.5) is 17.6 Å². The molecule has 0 spiro atoms. The van der Waals surface area contributed by atoms with E-state index in [1.54, 1.807) is 19.1 Å². The molecule has 0 fully saturated rings. The summed E-state index contributed by atoms with van der Waals surface area (Å²) in [6.45, 7) is 1.80. The van der Waals surface area contributed by atoms with Gasteiger partial charge in [0.1, 0.15) is 11.5 Å². The van der Waals surface area contributed by atoms with Gasteiger partial charge in [0.05, 0.1) is 5.71 Å². The van der Waals surface area contributed by atoms with Gasteiger partial charge in [-0.3, -0.25) is 0 Å². The van der Waals surface area contributed by atoms with E-state index in [1.807, 2.05) is 0 Å². The van der Waals surface area contributed by atoms with Crippen molar-refractivity contribution in [1.29, 1.82) is 0 Å². The Balaban J connectivity index is 2.20. The second-order valence-electron chi connectivity index (χ2n) is 3.93. The van der Waals surface area contributed by atoms with E-state index in [2.05, 4.69) is 10.2 Å². The molecule has 0 bridgehead atoms. The zero-order chi connectivity index (χ0) is 13.3. The Morgan fingerprint density at radius 3 is 2.44 bits per heavy atom. The van der Waals surface area contributed by atoms with Gasteiger partial charge in [-0.05, 0) is 18.1 Å². The molecule has 0 amide bonds. The molecule has 1 heterocycles. The standard InChI is InChI=1S/C12H10F4N2/c1-2-7-3-4-8(5-9(7)13)10-6-11(18-17-10)12(14,15)16/h3-5H,2,6H2,1H3. The summed E-state index contributed by atoms with van der Waals surface area (Å²) in [5.74, 6) is -0.432. The molecule has 0 N–H and O–H groups in total. The molecule has 0 unspecified atom stereocenters. The maximum Gasteiger partial charge on any atom is 0.431 e. The number of halogens is 4. The third-order valence-electron chi connectivity index (χ3n) is 2.72. The molecular weight excluding hydrogens is 248 g/mol. The molecule has 0 atom stereocenters. The van der Waals surface area contributed by atoms with Crippen LogP contribution in [0.1, 0.15) is 24.5 Å². The number of nitrogens with zero attached hydrogens (tertiary/aromatic N) is 2. The summed E-state index contributed by atoms with van der Waals surface area (Å²) in [5.41, 5.74) is 0.0587. The lowest BCUT2D eigenvalue weighted by Gasteiger charge is -2.06. The fourth-order valence-electron chi connectivity index (χ4n) is 1.68. The molecular formula is C12H10F4N2. The number of aryl methyl sites for hydroxylation is 1. The summed E-state index contributed by atoms with van der Waals surface area (Å²) in [7, 11) is 0. The first-order chi connectivity index (χ1) is 8.41. The van der Waals surface area contributed by atoms with Crippen LogP contribution < -0.4 is 0 Å². The van der Waals surface area contributed by atoms with E-state index >= 15 is 0 Å². The first-order valence-electron chi connectivity index (χ1n) is 5.41. The highest BCUT2D eigenvalue weighted by Crippen LogP contribution is 2.25. The highest BCUT2D eigenvalue weighted by atomic mass is 19.4. The predicted octanol–water partition coefficient (Wildman–Crippen LogP) is 3.50.